The van der Waals surface area contributed by atoms with Crippen LogP contribution >= 0.6 is 11.3 Å². The first-order chi connectivity index (χ1) is 8.13. The molecule has 0 radical (unpaired) electrons. The predicted molar refractivity (Wildman–Crippen MR) is 68.6 cm³/mol. The van der Waals surface area contributed by atoms with Crippen molar-refractivity contribution in [1.29, 1.82) is 0 Å². The molecule has 4 heteroatoms. The van der Waals surface area contributed by atoms with E-state index in [4.69, 9.17) is 0 Å². The number of thiophene rings is 1. The maximum Gasteiger partial charge on any atom is 0.205 e. The van der Waals surface area contributed by atoms with Gasteiger partial charge in [0.15, 0.2) is 0 Å². The first kappa shape index (κ1) is 11.9. The molecular weight excluding hydrogens is 232 g/mol. The Labute approximate surface area is 105 Å². The number of hydrogen-bond donors (Lipinski definition) is 0. The molecule has 0 spiro atoms. The lowest BCUT2D eigenvalue weighted by Gasteiger charge is -2.05. The molecule has 88 valence electrons. The van der Waals surface area contributed by atoms with Gasteiger partial charge in [-0.3, -0.25) is 4.79 Å². The predicted octanol–water partition coefficient (Wildman–Crippen LogP) is 2.95. The summed E-state index contributed by atoms with van der Waals surface area (Å²) in [5, 5.41) is 10.0. The van der Waals surface area contributed by atoms with Gasteiger partial charge in [0.25, 0.3) is 0 Å². The molecule has 2 rings (SSSR count). The molecular formula is C13H14N2OS. The van der Waals surface area contributed by atoms with Crippen LogP contribution in [0.3, 0.4) is 0 Å². The Morgan fingerprint density at radius 3 is 2.71 bits per heavy atom. The van der Waals surface area contributed by atoms with E-state index in [-0.39, 0.29) is 5.78 Å². The van der Waals surface area contributed by atoms with Gasteiger partial charge in [-0.05, 0) is 43.3 Å². The number of aryl methyl sites for hydroxylation is 3. The van der Waals surface area contributed by atoms with E-state index in [0.29, 0.717) is 5.56 Å². The van der Waals surface area contributed by atoms with E-state index in [1.54, 1.807) is 0 Å². The van der Waals surface area contributed by atoms with Crippen LogP contribution in [-0.4, -0.2) is 16.0 Å². The number of carbonyl (C=O) groups excluding carboxylic acids is 1. The van der Waals surface area contributed by atoms with Crippen molar-refractivity contribution in [3.63, 3.8) is 0 Å². The molecule has 0 aliphatic rings. The molecule has 0 unspecified atom stereocenters. The van der Waals surface area contributed by atoms with Crippen molar-refractivity contribution in [2.24, 2.45) is 0 Å². The molecule has 0 saturated heterocycles. The fraction of sp³-hybridized carbons (Fsp3) is 0.308. The molecule has 3 nitrogen and oxygen atoms in total. The van der Waals surface area contributed by atoms with Gasteiger partial charge in [-0.2, -0.15) is 10.2 Å². The SMILES string of the molecule is CCc1nnc(C)cc1C(=O)c1sccc1C. The normalized spacial score (nSPS) is 10.5. The molecule has 0 amide bonds. The number of nitrogens with zero attached hydrogens (tertiary/aromatic N) is 2. The second-order valence-electron chi connectivity index (χ2n) is 3.96. The monoisotopic (exact) mass is 246 g/mol. The zero-order chi connectivity index (χ0) is 12.4. The Morgan fingerprint density at radius 1 is 1.35 bits per heavy atom. The van der Waals surface area contributed by atoms with E-state index in [0.717, 1.165) is 28.2 Å². The molecule has 0 aromatic carbocycles. The van der Waals surface area contributed by atoms with E-state index < -0.39 is 0 Å². The second kappa shape index (κ2) is 4.75. The van der Waals surface area contributed by atoms with Crippen molar-refractivity contribution >= 4 is 17.1 Å². The molecule has 2 heterocycles. The highest BCUT2D eigenvalue weighted by Gasteiger charge is 2.17. The molecule has 0 aliphatic carbocycles. The van der Waals surface area contributed by atoms with Crippen LogP contribution in [0.15, 0.2) is 17.5 Å². The molecule has 0 atom stereocenters. The summed E-state index contributed by atoms with van der Waals surface area (Å²) in [5.74, 6) is 0.0624. The van der Waals surface area contributed by atoms with Gasteiger partial charge in [-0.1, -0.05) is 6.92 Å². The summed E-state index contributed by atoms with van der Waals surface area (Å²) in [6.07, 6.45) is 0.721. The summed E-state index contributed by atoms with van der Waals surface area (Å²) in [4.78, 5) is 13.2. The highest BCUT2D eigenvalue weighted by Crippen LogP contribution is 2.21. The molecule has 17 heavy (non-hydrogen) atoms. The van der Waals surface area contributed by atoms with Gasteiger partial charge in [0.2, 0.25) is 5.78 Å². The topological polar surface area (TPSA) is 42.9 Å². The fourth-order valence-electron chi connectivity index (χ4n) is 1.70. The van der Waals surface area contributed by atoms with E-state index in [1.165, 1.54) is 11.3 Å². The highest BCUT2D eigenvalue weighted by molar-refractivity contribution is 7.12. The van der Waals surface area contributed by atoms with Gasteiger partial charge < -0.3 is 0 Å². The van der Waals surface area contributed by atoms with Gasteiger partial charge in [-0.15, -0.1) is 11.3 Å². The molecule has 0 aliphatic heterocycles. The lowest BCUT2D eigenvalue weighted by molar-refractivity contribution is 0.104. The van der Waals surface area contributed by atoms with Gasteiger partial charge in [0, 0.05) is 5.56 Å². The van der Waals surface area contributed by atoms with E-state index in [9.17, 15) is 4.79 Å². The van der Waals surface area contributed by atoms with Crippen LogP contribution in [-0.2, 0) is 6.42 Å². The van der Waals surface area contributed by atoms with Crippen LogP contribution in [0.5, 0.6) is 0 Å². The van der Waals surface area contributed by atoms with Gasteiger partial charge in [0.05, 0.1) is 16.3 Å². The molecule has 2 aromatic rings. The number of rotatable bonds is 3. The third-order valence-corrected chi connectivity index (χ3v) is 3.66. The van der Waals surface area contributed by atoms with Crippen molar-refractivity contribution in [1.82, 2.24) is 10.2 Å². The number of hydrogen-bond acceptors (Lipinski definition) is 4. The Morgan fingerprint density at radius 2 is 2.12 bits per heavy atom. The summed E-state index contributed by atoms with van der Waals surface area (Å²) < 4.78 is 0. The van der Waals surface area contributed by atoms with Gasteiger partial charge in [0.1, 0.15) is 0 Å². The molecule has 0 N–H and O–H groups in total. The summed E-state index contributed by atoms with van der Waals surface area (Å²) in [5.41, 5.74) is 3.26. The van der Waals surface area contributed by atoms with Crippen LogP contribution in [0, 0.1) is 13.8 Å². The maximum absolute atomic E-state index is 12.4. The van der Waals surface area contributed by atoms with Crippen molar-refractivity contribution in [2.45, 2.75) is 27.2 Å². The Bertz CT molecular complexity index is 560. The van der Waals surface area contributed by atoms with E-state index in [2.05, 4.69) is 10.2 Å². The zero-order valence-corrected chi connectivity index (χ0v) is 11.0. The summed E-state index contributed by atoms with van der Waals surface area (Å²) in [7, 11) is 0. The number of carbonyl (C=O) groups is 1. The summed E-state index contributed by atoms with van der Waals surface area (Å²) in [6.45, 7) is 5.79. The third kappa shape index (κ3) is 2.26. The van der Waals surface area contributed by atoms with Crippen molar-refractivity contribution < 1.29 is 4.79 Å². The van der Waals surface area contributed by atoms with Crippen LogP contribution in [0.4, 0.5) is 0 Å². The standard InChI is InChI=1S/C13H14N2OS/c1-4-11-10(7-9(3)14-15-11)12(16)13-8(2)5-6-17-13/h5-7H,4H2,1-3H3. The molecule has 0 saturated carbocycles. The summed E-state index contributed by atoms with van der Waals surface area (Å²) >= 11 is 1.48. The third-order valence-electron chi connectivity index (χ3n) is 2.64. The average molecular weight is 246 g/mol. The quantitative estimate of drug-likeness (QED) is 0.782. The molecule has 0 bridgehead atoms. The Kier molecular flexibility index (Phi) is 3.33. The smallest absolute Gasteiger partial charge is 0.205 e. The highest BCUT2D eigenvalue weighted by atomic mass is 32.1. The molecule has 0 fully saturated rings. The fourth-order valence-corrected chi connectivity index (χ4v) is 2.58. The maximum atomic E-state index is 12.4. The van der Waals surface area contributed by atoms with Crippen molar-refractivity contribution in [2.75, 3.05) is 0 Å². The Balaban J connectivity index is 2.50. The van der Waals surface area contributed by atoms with Gasteiger partial charge in [-0.25, -0.2) is 0 Å². The lowest BCUT2D eigenvalue weighted by Crippen LogP contribution is -2.08. The first-order valence-electron chi connectivity index (χ1n) is 5.55. The van der Waals surface area contributed by atoms with Crippen LogP contribution in [0.1, 0.15) is 39.1 Å². The van der Waals surface area contributed by atoms with Crippen LogP contribution < -0.4 is 0 Å². The first-order valence-corrected chi connectivity index (χ1v) is 6.43. The minimum Gasteiger partial charge on any atom is -0.288 e. The number of ketones is 1. The minimum absolute atomic E-state index is 0.0624. The summed E-state index contributed by atoms with van der Waals surface area (Å²) in [6, 6.07) is 3.79. The zero-order valence-electron chi connectivity index (χ0n) is 10.2. The van der Waals surface area contributed by atoms with Crippen LogP contribution in [0.25, 0.3) is 0 Å². The minimum atomic E-state index is 0.0624. The Hall–Kier alpha value is -1.55. The lowest BCUT2D eigenvalue weighted by atomic mass is 10.0. The van der Waals surface area contributed by atoms with Crippen molar-refractivity contribution in [3.8, 4) is 0 Å². The second-order valence-corrected chi connectivity index (χ2v) is 4.88. The largest absolute Gasteiger partial charge is 0.288 e. The van der Waals surface area contributed by atoms with E-state index in [1.807, 2.05) is 38.3 Å². The van der Waals surface area contributed by atoms with Crippen molar-refractivity contribution in [3.05, 3.63) is 44.9 Å². The van der Waals surface area contributed by atoms with Gasteiger partial charge >= 0.3 is 0 Å². The van der Waals surface area contributed by atoms with Crippen LogP contribution in [0.2, 0.25) is 0 Å². The van der Waals surface area contributed by atoms with E-state index >= 15 is 0 Å². The molecule has 2 aromatic heterocycles. The average Bonchev–Trinajstić information content (AvgIpc) is 2.74. The number of aromatic nitrogens is 2.